The molecule has 0 atom stereocenters. The normalized spacial score (nSPS) is 10.3. The van der Waals surface area contributed by atoms with Crippen LogP contribution in [0.15, 0.2) is 30.9 Å². The second-order valence-corrected chi connectivity index (χ2v) is 4.44. The van der Waals surface area contributed by atoms with E-state index < -0.39 is 0 Å². The summed E-state index contributed by atoms with van der Waals surface area (Å²) in [6.07, 6.45) is 8.87. The molecule has 0 unspecified atom stereocenters. The molecule has 106 valence electrons. The molecule has 2 rings (SSSR count). The Hall–Kier alpha value is -2.17. The van der Waals surface area contributed by atoms with E-state index in [2.05, 4.69) is 34.1 Å². The fourth-order valence-corrected chi connectivity index (χ4v) is 1.77. The third-order valence-corrected chi connectivity index (χ3v) is 2.70. The molecule has 0 aliphatic carbocycles. The van der Waals surface area contributed by atoms with Gasteiger partial charge >= 0.3 is 0 Å². The molecule has 0 saturated heterocycles. The number of hydrogen-bond acceptors (Lipinski definition) is 5. The first kappa shape index (κ1) is 14.2. The van der Waals surface area contributed by atoms with Crippen molar-refractivity contribution in [3.63, 3.8) is 0 Å². The lowest BCUT2D eigenvalue weighted by Crippen LogP contribution is -2.05. The van der Waals surface area contributed by atoms with Gasteiger partial charge in [-0.1, -0.05) is 13.8 Å². The van der Waals surface area contributed by atoms with Crippen LogP contribution in [0.2, 0.25) is 0 Å². The topological polar surface area (TPSA) is 59.9 Å². The van der Waals surface area contributed by atoms with Crippen LogP contribution in [0.4, 0.5) is 5.82 Å². The van der Waals surface area contributed by atoms with Crippen LogP contribution in [0.5, 0.6) is 5.75 Å². The lowest BCUT2D eigenvalue weighted by molar-refractivity contribution is 0.316. The molecule has 0 fully saturated rings. The van der Waals surface area contributed by atoms with Gasteiger partial charge in [-0.2, -0.15) is 0 Å². The summed E-state index contributed by atoms with van der Waals surface area (Å²) in [6.45, 7) is 5.74. The summed E-state index contributed by atoms with van der Waals surface area (Å²) in [5, 5.41) is 3.28. The Kier molecular flexibility index (Phi) is 5.29. The fourth-order valence-electron chi connectivity index (χ4n) is 1.77. The number of nitrogens with zero attached hydrogens (tertiary/aromatic N) is 3. The molecule has 2 heterocycles. The third kappa shape index (κ3) is 3.66. The van der Waals surface area contributed by atoms with Gasteiger partial charge in [-0.05, 0) is 18.9 Å². The highest BCUT2D eigenvalue weighted by atomic mass is 16.5. The zero-order valence-corrected chi connectivity index (χ0v) is 12.0. The van der Waals surface area contributed by atoms with E-state index in [4.69, 9.17) is 4.74 Å². The van der Waals surface area contributed by atoms with Gasteiger partial charge < -0.3 is 10.1 Å². The van der Waals surface area contributed by atoms with Gasteiger partial charge in [0.2, 0.25) is 0 Å². The molecule has 0 amide bonds. The van der Waals surface area contributed by atoms with Gasteiger partial charge in [-0.3, -0.25) is 9.97 Å². The number of nitrogens with one attached hydrogen (secondary N) is 1. The quantitative estimate of drug-likeness (QED) is 0.839. The van der Waals surface area contributed by atoms with Gasteiger partial charge in [0.1, 0.15) is 11.4 Å². The highest BCUT2D eigenvalue weighted by Crippen LogP contribution is 2.25. The Morgan fingerprint density at radius 2 is 1.95 bits per heavy atom. The van der Waals surface area contributed by atoms with Gasteiger partial charge in [0.05, 0.1) is 12.8 Å². The molecule has 5 heteroatoms. The van der Waals surface area contributed by atoms with E-state index >= 15 is 0 Å². The number of anilines is 1. The lowest BCUT2D eigenvalue weighted by atomic mass is 10.2. The summed E-state index contributed by atoms with van der Waals surface area (Å²) in [7, 11) is 0. The molecule has 0 aliphatic rings. The van der Waals surface area contributed by atoms with Crippen LogP contribution in [-0.4, -0.2) is 28.1 Å². The smallest absolute Gasteiger partial charge is 0.152 e. The van der Waals surface area contributed by atoms with Gasteiger partial charge in [-0.25, -0.2) is 4.98 Å². The summed E-state index contributed by atoms with van der Waals surface area (Å²) in [5.41, 5.74) is 1.71. The summed E-state index contributed by atoms with van der Waals surface area (Å²) in [5.74, 6) is 1.54. The van der Waals surface area contributed by atoms with Crippen molar-refractivity contribution in [2.24, 2.45) is 0 Å². The van der Waals surface area contributed by atoms with Gasteiger partial charge in [0.25, 0.3) is 0 Å². The molecule has 5 nitrogen and oxygen atoms in total. The van der Waals surface area contributed by atoms with Crippen molar-refractivity contribution in [2.75, 3.05) is 18.5 Å². The van der Waals surface area contributed by atoms with Crippen molar-refractivity contribution in [3.05, 3.63) is 30.9 Å². The zero-order valence-electron chi connectivity index (χ0n) is 12.0. The summed E-state index contributed by atoms with van der Waals surface area (Å²) in [6, 6.07) is 1.95. The molecule has 0 bridgehead atoms. The van der Waals surface area contributed by atoms with E-state index in [-0.39, 0.29) is 0 Å². The van der Waals surface area contributed by atoms with E-state index in [1.54, 1.807) is 24.8 Å². The first-order valence-corrected chi connectivity index (χ1v) is 6.98. The lowest BCUT2D eigenvalue weighted by Gasteiger charge is -2.10. The Morgan fingerprint density at radius 3 is 2.75 bits per heavy atom. The molecular weight excluding hydrogens is 252 g/mol. The molecule has 20 heavy (non-hydrogen) atoms. The Labute approximate surface area is 119 Å². The minimum Gasteiger partial charge on any atom is -0.492 e. The Bertz CT molecular complexity index is 545. The minimum absolute atomic E-state index is 0.687. The van der Waals surface area contributed by atoms with E-state index in [0.717, 1.165) is 42.2 Å². The second kappa shape index (κ2) is 7.43. The summed E-state index contributed by atoms with van der Waals surface area (Å²) < 4.78 is 5.61. The predicted octanol–water partition coefficient (Wildman–Crippen LogP) is 3.15. The van der Waals surface area contributed by atoms with Crippen LogP contribution in [0.3, 0.4) is 0 Å². The van der Waals surface area contributed by atoms with Gasteiger partial charge in [0.15, 0.2) is 5.82 Å². The highest BCUT2D eigenvalue weighted by Gasteiger charge is 2.08. The summed E-state index contributed by atoms with van der Waals surface area (Å²) in [4.78, 5) is 13.0. The van der Waals surface area contributed by atoms with Crippen LogP contribution in [-0.2, 0) is 0 Å². The Morgan fingerprint density at radius 1 is 1.10 bits per heavy atom. The van der Waals surface area contributed by atoms with Crippen LogP contribution in [0.25, 0.3) is 11.3 Å². The minimum atomic E-state index is 0.687. The predicted molar refractivity (Wildman–Crippen MR) is 79.8 cm³/mol. The highest BCUT2D eigenvalue weighted by molar-refractivity contribution is 5.71. The number of hydrogen-bond donors (Lipinski definition) is 1. The number of aromatic nitrogens is 3. The van der Waals surface area contributed by atoms with E-state index in [1.807, 2.05) is 6.07 Å². The zero-order chi connectivity index (χ0) is 14.2. The maximum atomic E-state index is 5.61. The van der Waals surface area contributed by atoms with Gasteiger partial charge in [-0.15, -0.1) is 0 Å². The first-order chi connectivity index (χ1) is 9.85. The number of ether oxygens (including phenoxy) is 1. The molecular formula is C15H20N4O. The van der Waals surface area contributed by atoms with E-state index in [1.165, 1.54) is 0 Å². The van der Waals surface area contributed by atoms with Crippen LogP contribution >= 0.6 is 0 Å². The van der Waals surface area contributed by atoms with Crippen LogP contribution < -0.4 is 10.1 Å². The number of rotatable bonds is 7. The number of pyridine rings is 1. The molecule has 2 aromatic heterocycles. The molecule has 0 spiro atoms. The summed E-state index contributed by atoms with van der Waals surface area (Å²) >= 11 is 0. The average Bonchev–Trinajstić information content (AvgIpc) is 2.51. The van der Waals surface area contributed by atoms with Crippen molar-refractivity contribution >= 4 is 5.82 Å². The molecule has 1 N–H and O–H groups in total. The van der Waals surface area contributed by atoms with Crippen LogP contribution in [0.1, 0.15) is 26.7 Å². The van der Waals surface area contributed by atoms with Crippen LogP contribution in [0, 0.1) is 0 Å². The standard InChI is InChI=1S/C15H20N4O/c1-3-5-18-15-14(17-6-7-19-15)12-9-13(11-16-10-12)20-8-4-2/h6-7,9-11H,3-5,8H2,1-2H3,(H,18,19). The van der Waals surface area contributed by atoms with Crippen molar-refractivity contribution < 1.29 is 4.74 Å². The monoisotopic (exact) mass is 272 g/mol. The largest absolute Gasteiger partial charge is 0.492 e. The maximum absolute atomic E-state index is 5.61. The average molecular weight is 272 g/mol. The van der Waals surface area contributed by atoms with Gasteiger partial charge in [0, 0.05) is 30.7 Å². The SMILES string of the molecule is CCCNc1nccnc1-c1cncc(OCCC)c1. The third-order valence-electron chi connectivity index (χ3n) is 2.70. The molecule has 0 radical (unpaired) electrons. The second-order valence-electron chi connectivity index (χ2n) is 4.44. The molecule has 0 aromatic carbocycles. The van der Waals surface area contributed by atoms with Crippen molar-refractivity contribution in [3.8, 4) is 17.0 Å². The van der Waals surface area contributed by atoms with E-state index in [9.17, 15) is 0 Å². The van der Waals surface area contributed by atoms with Crippen molar-refractivity contribution in [1.82, 2.24) is 15.0 Å². The molecule has 0 saturated carbocycles. The Balaban J connectivity index is 2.26. The van der Waals surface area contributed by atoms with Crippen molar-refractivity contribution in [2.45, 2.75) is 26.7 Å². The fraction of sp³-hybridized carbons (Fsp3) is 0.400. The molecule has 2 aromatic rings. The maximum Gasteiger partial charge on any atom is 0.152 e. The first-order valence-electron chi connectivity index (χ1n) is 6.98. The van der Waals surface area contributed by atoms with E-state index in [0.29, 0.717) is 6.61 Å². The molecule has 0 aliphatic heterocycles. The van der Waals surface area contributed by atoms with Crippen molar-refractivity contribution in [1.29, 1.82) is 0 Å².